The van der Waals surface area contributed by atoms with Crippen LogP contribution in [0.5, 0.6) is 5.75 Å². The monoisotopic (exact) mass is 427 g/mol. The van der Waals surface area contributed by atoms with Crippen LogP contribution in [0.25, 0.3) is 17.2 Å². The van der Waals surface area contributed by atoms with Gasteiger partial charge in [0.05, 0.1) is 29.1 Å². The molecule has 0 N–H and O–H groups in total. The molecule has 1 fully saturated rings. The second-order valence-corrected chi connectivity index (χ2v) is 8.91. The van der Waals surface area contributed by atoms with Gasteiger partial charge in [0.15, 0.2) is 9.84 Å². The fraction of sp³-hybridized carbons (Fsp3) is 0.412. The molecule has 0 saturated heterocycles. The zero-order chi connectivity index (χ0) is 20.8. The molecule has 0 amide bonds. The van der Waals surface area contributed by atoms with Gasteiger partial charge in [0.1, 0.15) is 11.4 Å². The van der Waals surface area contributed by atoms with Crippen molar-refractivity contribution in [1.82, 2.24) is 24.6 Å². The largest absolute Gasteiger partial charge is 0.492 e. The third-order valence-corrected chi connectivity index (χ3v) is 6.17. The Morgan fingerprint density at radius 2 is 2.03 bits per heavy atom. The number of sulfone groups is 1. The summed E-state index contributed by atoms with van der Waals surface area (Å²) in [6, 6.07) is 2.71. The minimum Gasteiger partial charge on any atom is -0.492 e. The number of alkyl halides is 3. The van der Waals surface area contributed by atoms with Gasteiger partial charge in [-0.3, -0.25) is 0 Å². The van der Waals surface area contributed by atoms with Gasteiger partial charge >= 0.3 is 6.18 Å². The summed E-state index contributed by atoms with van der Waals surface area (Å²) in [4.78, 5) is 11.5. The van der Waals surface area contributed by atoms with Crippen molar-refractivity contribution in [1.29, 1.82) is 0 Å². The van der Waals surface area contributed by atoms with Crippen molar-refractivity contribution < 1.29 is 26.3 Å². The summed E-state index contributed by atoms with van der Waals surface area (Å²) in [5.74, 6) is -1.04. The molecular formula is C17H16F3N5O3S. The average molecular weight is 427 g/mol. The van der Waals surface area contributed by atoms with Crippen molar-refractivity contribution in [3.8, 4) is 17.1 Å². The molecule has 0 unspecified atom stereocenters. The molecule has 29 heavy (non-hydrogen) atoms. The van der Waals surface area contributed by atoms with Crippen LogP contribution in [0.4, 0.5) is 13.2 Å². The number of hydrogen-bond acceptors (Lipinski definition) is 7. The van der Waals surface area contributed by atoms with E-state index in [0.29, 0.717) is 18.3 Å². The number of ether oxygens (including phenoxy) is 1. The molecule has 8 nitrogen and oxygen atoms in total. The Morgan fingerprint density at radius 3 is 2.69 bits per heavy atom. The maximum atomic E-state index is 12.8. The van der Waals surface area contributed by atoms with Gasteiger partial charge in [0.2, 0.25) is 0 Å². The van der Waals surface area contributed by atoms with E-state index in [1.807, 2.05) is 0 Å². The lowest BCUT2D eigenvalue weighted by Gasteiger charge is -2.11. The number of halogens is 3. The van der Waals surface area contributed by atoms with E-state index in [9.17, 15) is 21.6 Å². The summed E-state index contributed by atoms with van der Waals surface area (Å²) in [7, 11) is -3.70. The van der Waals surface area contributed by atoms with E-state index in [-0.39, 0.29) is 27.8 Å². The Morgan fingerprint density at radius 1 is 1.28 bits per heavy atom. The van der Waals surface area contributed by atoms with Crippen molar-refractivity contribution >= 4 is 15.6 Å². The van der Waals surface area contributed by atoms with Crippen LogP contribution in [0.3, 0.4) is 0 Å². The van der Waals surface area contributed by atoms with Crippen molar-refractivity contribution in [2.75, 3.05) is 12.4 Å². The van der Waals surface area contributed by atoms with E-state index >= 15 is 0 Å². The quantitative estimate of drug-likeness (QED) is 0.596. The Hall–Kier alpha value is -2.76. The maximum Gasteiger partial charge on any atom is 0.453 e. The fourth-order valence-corrected chi connectivity index (χ4v) is 3.68. The molecule has 1 saturated carbocycles. The topological polar surface area (TPSA) is 99.3 Å². The van der Waals surface area contributed by atoms with Gasteiger partial charge in [-0.25, -0.2) is 22.9 Å². The minimum absolute atomic E-state index is 0.0182. The third kappa shape index (κ3) is 4.02. The van der Waals surface area contributed by atoms with Crippen molar-refractivity contribution in [2.24, 2.45) is 5.92 Å². The van der Waals surface area contributed by atoms with Crippen LogP contribution in [0.15, 0.2) is 29.4 Å². The first-order chi connectivity index (χ1) is 13.7. The van der Waals surface area contributed by atoms with Crippen LogP contribution < -0.4 is 4.74 Å². The third-order valence-electron chi connectivity index (χ3n) is 4.43. The lowest BCUT2D eigenvalue weighted by Crippen LogP contribution is -2.09. The van der Waals surface area contributed by atoms with E-state index in [2.05, 4.69) is 20.1 Å². The van der Waals surface area contributed by atoms with Crippen LogP contribution >= 0.6 is 0 Å². The number of fused-ring (bicyclic) bond motifs is 1. The van der Waals surface area contributed by atoms with Crippen LogP contribution in [-0.4, -0.2) is 45.3 Å². The first-order valence-corrected chi connectivity index (χ1v) is 10.5. The predicted molar refractivity (Wildman–Crippen MR) is 95.0 cm³/mol. The van der Waals surface area contributed by atoms with Crippen LogP contribution in [-0.2, 0) is 16.0 Å². The molecule has 1 aliphatic rings. The van der Waals surface area contributed by atoms with Crippen molar-refractivity contribution in [3.05, 3.63) is 30.4 Å². The minimum atomic E-state index is -4.72. The number of nitrogens with zero attached hydrogens (tertiary/aromatic N) is 5. The van der Waals surface area contributed by atoms with Gasteiger partial charge in [0.25, 0.3) is 11.6 Å². The normalized spacial score (nSPS) is 15.0. The first kappa shape index (κ1) is 19.6. The summed E-state index contributed by atoms with van der Waals surface area (Å²) < 4.78 is 70.1. The molecule has 4 rings (SSSR count). The van der Waals surface area contributed by atoms with Crippen LogP contribution in [0, 0.1) is 5.92 Å². The molecule has 3 aromatic heterocycles. The van der Waals surface area contributed by atoms with Crippen molar-refractivity contribution in [3.63, 3.8) is 0 Å². The highest BCUT2D eigenvalue weighted by molar-refractivity contribution is 7.91. The molecule has 12 heteroatoms. The first-order valence-electron chi connectivity index (χ1n) is 8.84. The Labute approximate surface area is 163 Å². The summed E-state index contributed by atoms with van der Waals surface area (Å²) >= 11 is 0. The van der Waals surface area contributed by atoms with Gasteiger partial charge in [-0.1, -0.05) is 6.92 Å². The van der Waals surface area contributed by atoms with E-state index in [4.69, 9.17) is 4.74 Å². The van der Waals surface area contributed by atoms with E-state index < -0.39 is 21.8 Å². The maximum absolute atomic E-state index is 12.8. The van der Waals surface area contributed by atoms with Gasteiger partial charge < -0.3 is 4.74 Å². The van der Waals surface area contributed by atoms with Gasteiger partial charge in [-0.15, -0.1) is 5.10 Å². The highest BCUT2D eigenvalue weighted by Crippen LogP contribution is 2.32. The molecule has 3 heterocycles. The van der Waals surface area contributed by atoms with E-state index in [0.717, 1.165) is 17.4 Å². The zero-order valence-electron chi connectivity index (χ0n) is 15.2. The standard InChI is InChI=1S/C17H16F3N5O3S/c1-2-29(26,27)13-7-11(28-9-10-3-4-10)8-21-14(13)12-5-6-25-16(22-12)23-15(24-25)17(18,19)20/h5-8,10H,2-4,9H2,1H3. The second-order valence-electron chi connectivity index (χ2n) is 6.67. The molecular weight excluding hydrogens is 411 g/mol. The smallest absolute Gasteiger partial charge is 0.453 e. The summed E-state index contributed by atoms with van der Waals surface area (Å²) in [6.45, 7) is 1.97. The predicted octanol–water partition coefficient (Wildman–Crippen LogP) is 2.79. The average Bonchev–Trinajstić information content (AvgIpc) is 3.41. The highest BCUT2D eigenvalue weighted by atomic mass is 32.2. The fourth-order valence-electron chi connectivity index (χ4n) is 2.62. The summed E-state index contributed by atoms with van der Waals surface area (Å²) in [6.07, 6.45) is 0.0374. The van der Waals surface area contributed by atoms with Gasteiger partial charge in [-0.2, -0.15) is 18.2 Å². The molecule has 0 radical (unpaired) electrons. The van der Waals surface area contributed by atoms with Crippen LogP contribution in [0.2, 0.25) is 0 Å². The number of aromatic nitrogens is 5. The molecule has 0 atom stereocenters. The second kappa shape index (κ2) is 6.94. The highest BCUT2D eigenvalue weighted by Gasteiger charge is 2.36. The number of pyridine rings is 1. The molecule has 154 valence electrons. The van der Waals surface area contributed by atoms with E-state index in [1.54, 1.807) is 0 Å². The molecule has 0 bridgehead atoms. The zero-order valence-corrected chi connectivity index (χ0v) is 16.0. The van der Waals surface area contributed by atoms with Gasteiger partial charge in [-0.05, 0) is 24.8 Å². The summed E-state index contributed by atoms with van der Waals surface area (Å²) in [5, 5.41) is 3.33. The summed E-state index contributed by atoms with van der Waals surface area (Å²) in [5.41, 5.74) is 0.0871. The molecule has 0 aliphatic heterocycles. The molecule has 3 aromatic rings. The lowest BCUT2D eigenvalue weighted by atomic mass is 10.2. The molecule has 0 aromatic carbocycles. The van der Waals surface area contributed by atoms with Gasteiger partial charge in [0, 0.05) is 12.3 Å². The Balaban J connectivity index is 1.78. The Kier molecular flexibility index (Phi) is 4.68. The molecule has 0 spiro atoms. The molecule has 1 aliphatic carbocycles. The number of rotatable bonds is 6. The van der Waals surface area contributed by atoms with Crippen LogP contribution in [0.1, 0.15) is 25.6 Å². The SMILES string of the molecule is CCS(=O)(=O)c1cc(OCC2CC2)cnc1-c1ccn2nc(C(F)(F)F)nc2n1. The number of hydrogen-bond donors (Lipinski definition) is 0. The lowest BCUT2D eigenvalue weighted by molar-refractivity contribution is -0.144. The van der Waals surface area contributed by atoms with E-state index in [1.165, 1.54) is 31.5 Å². The Bertz CT molecular complexity index is 1170. The van der Waals surface area contributed by atoms with Crippen molar-refractivity contribution in [2.45, 2.75) is 30.8 Å².